The van der Waals surface area contributed by atoms with E-state index in [1.54, 1.807) is 37.1 Å². The lowest BCUT2D eigenvalue weighted by Gasteiger charge is -2.41. The highest BCUT2D eigenvalue weighted by Gasteiger charge is 2.48. The molecule has 2 atom stereocenters. The minimum Gasteiger partial charge on any atom is -0.454 e. The summed E-state index contributed by atoms with van der Waals surface area (Å²) in [5.74, 6) is 1.12. The summed E-state index contributed by atoms with van der Waals surface area (Å²) >= 11 is 1.39. The van der Waals surface area contributed by atoms with E-state index < -0.39 is 10.9 Å². The zero-order valence-corrected chi connectivity index (χ0v) is 14.2. The lowest BCUT2D eigenvalue weighted by molar-refractivity contribution is -0.123. The van der Waals surface area contributed by atoms with Crippen LogP contribution in [0.25, 0.3) is 0 Å². The van der Waals surface area contributed by atoms with Crippen LogP contribution in [0.4, 0.5) is 5.69 Å². The fraction of sp³-hybridized carbons (Fsp3) is 0.278. The molecule has 2 heterocycles. The van der Waals surface area contributed by atoms with Gasteiger partial charge in [0.05, 0.1) is 5.69 Å². The van der Waals surface area contributed by atoms with Gasteiger partial charge in [0.1, 0.15) is 10.9 Å². The van der Waals surface area contributed by atoms with Crippen molar-refractivity contribution < 1.29 is 19.4 Å². The Balaban J connectivity index is 1.73. The van der Waals surface area contributed by atoms with Crippen molar-refractivity contribution in [3.8, 4) is 11.5 Å². The monoisotopic (exact) mass is 343 g/mol. The van der Waals surface area contributed by atoms with Crippen LogP contribution in [0.15, 0.2) is 47.4 Å². The number of hydrogen-bond acceptors (Lipinski definition) is 5. The number of amides is 1. The number of anilines is 1. The number of ether oxygens (including phenoxy) is 2. The van der Waals surface area contributed by atoms with Crippen LogP contribution in [0, 0.1) is 0 Å². The molecule has 1 N–H and O–H groups in total. The quantitative estimate of drug-likeness (QED) is 0.908. The Kier molecular flexibility index (Phi) is 3.47. The second kappa shape index (κ2) is 5.43. The maximum Gasteiger partial charge on any atom is 0.246 e. The summed E-state index contributed by atoms with van der Waals surface area (Å²) < 4.78 is 9.67. The first kappa shape index (κ1) is 15.4. The van der Waals surface area contributed by atoms with E-state index in [-0.39, 0.29) is 12.7 Å². The summed E-state index contributed by atoms with van der Waals surface area (Å²) in [5, 5.41) is 11.0. The number of carbonyl (C=O) groups is 1. The van der Waals surface area contributed by atoms with Gasteiger partial charge in [0.2, 0.25) is 12.7 Å². The molecule has 2 aromatic rings. The smallest absolute Gasteiger partial charge is 0.246 e. The second-order valence-corrected chi connectivity index (χ2v) is 7.55. The maximum absolute atomic E-state index is 12.9. The minimum absolute atomic E-state index is 0.128. The molecule has 6 heteroatoms. The molecule has 1 amide bonds. The highest BCUT2D eigenvalue weighted by atomic mass is 32.2. The molecule has 0 saturated carbocycles. The minimum atomic E-state index is -1.02. The first-order chi connectivity index (χ1) is 11.5. The number of rotatable bonds is 2. The molecule has 0 radical (unpaired) electrons. The summed E-state index contributed by atoms with van der Waals surface area (Å²) in [4.78, 5) is 15.5. The van der Waals surface area contributed by atoms with Gasteiger partial charge in [0.25, 0.3) is 0 Å². The van der Waals surface area contributed by atoms with E-state index in [4.69, 9.17) is 9.47 Å². The summed E-state index contributed by atoms with van der Waals surface area (Å²) in [7, 11) is 1.74. The second-order valence-electron chi connectivity index (χ2n) is 6.06. The number of fused-ring (bicyclic) bond motifs is 2. The summed E-state index contributed by atoms with van der Waals surface area (Å²) in [6.07, 6.45) is -0.972. The Hall–Kier alpha value is -2.18. The fourth-order valence-corrected chi connectivity index (χ4v) is 4.49. The Morgan fingerprint density at radius 2 is 1.96 bits per heavy atom. The normalized spacial score (nSPS) is 23.1. The van der Waals surface area contributed by atoms with Crippen LogP contribution in [0.1, 0.15) is 18.6 Å². The molecule has 2 aliphatic heterocycles. The van der Waals surface area contributed by atoms with Crippen LogP contribution in [0.3, 0.4) is 0 Å². The number of nitrogens with zero attached hydrogens (tertiary/aromatic N) is 1. The van der Waals surface area contributed by atoms with Gasteiger partial charge in [-0.15, -0.1) is 11.8 Å². The van der Waals surface area contributed by atoms with Crippen LogP contribution in [0.5, 0.6) is 11.5 Å². The highest BCUT2D eigenvalue weighted by Crippen LogP contribution is 2.50. The van der Waals surface area contributed by atoms with E-state index in [0.717, 1.165) is 10.6 Å². The standard InChI is InChI=1S/C18H17NO4S/c1-18(16(20)11-7-8-13-14(9-11)23-10-22-13)17(21)19(2)12-5-3-4-6-15(12)24-18/h3-9,16,20H,10H2,1-2H3/t16-,18-/m1/s1. The van der Waals surface area contributed by atoms with Gasteiger partial charge >= 0.3 is 0 Å². The molecular weight excluding hydrogens is 326 g/mol. The van der Waals surface area contributed by atoms with Gasteiger partial charge < -0.3 is 19.5 Å². The van der Waals surface area contributed by atoms with Crippen molar-refractivity contribution in [2.45, 2.75) is 22.7 Å². The molecule has 0 aliphatic carbocycles. The first-order valence-electron chi connectivity index (χ1n) is 7.64. The third kappa shape index (κ3) is 2.17. The molecule has 2 aliphatic rings. The van der Waals surface area contributed by atoms with Crippen LogP contribution >= 0.6 is 11.8 Å². The van der Waals surface area contributed by atoms with E-state index in [9.17, 15) is 9.90 Å². The molecule has 0 aromatic heterocycles. The van der Waals surface area contributed by atoms with Gasteiger partial charge in [-0.05, 0) is 36.8 Å². The number of hydrogen-bond donors (Lipinski definition) is 1. The van der Waals surface area contributed by atoms with Crippen molar-refractivity contribution in [2.75, 3.05) is 18.7 Å². The average Bonchev–Trinajstić information content (AvgIpc) is 3.07. The topological polar surface area (TPSA) is 59.0 Å². The summed E-state index contributed by atoms with van der Waals surface area (Å²) in [6.45, 7) is 1.96. The van der Waals surface area contributed by atoms with Gasteiger partial charge in [-0.25, -0.2) is 0 Å². The molecule has 0 unspecified atom stereocenters. The third-order valence-corrected chi connectivity index (χ3v) is 5.90. The van der Waals surface area contributed by atoms with Gasteiger partial charge in [-0.1, -0.05) is 18.2 Å². The molecule has 0 saturated heterocycles. The molecule has 2 aromatic carbocycles. The largest absolute Gasteiger partial charge is 0.454 e. The lowest BCUT2D eigenvalue weighted by atomic mass is 9.94. The number of benzene rings is 2. The molecule has 4 rings (SSSR count). The fourth-order valence-electron chi connectivity index (χ4n) is 3.11. The van der Waals surface area contributed by atoms with Crippen molar-refractivity contribution >= 4 is 23.4 Å². The van der Waals surface area contributed by atoms with Gasteiger partial charge in [0, 0.05) is 11.9 Å². The first-order valence-corrected chi connectivity index (χ1v) is 8.46. The molecule has 5 nitrogen and oxygen atoms in total. The number of aliphatic hydroxyl groups is 1. The number of carbonyl (C=O) groups excluding carboxylic acids is 1. The zero-order valence-electron chi connectivity index (χ0n) is 13.4. The molecular formula is C18H17NO4S. The van der Waals surface area contributed by atoms with Crippen molar-refractivity contribution in [3.63, 3.8) is 0 Å². The van der Waals surface area contributed by atoms with Crippen molar-refractivity contribution in [3.05, 3.63) is 48.0 Å². The number of thioether (sulfide) groups is 1. The zero-order chi connectivity index (χ0) is 16.9. The number of aliphatic hydroxyl groups excluding tert-OH is 1. The Labute approximate surface area is 144 Å². The SMILES string of the molecule is CN1C(=O)[C@@](C)([C@H](O)c2ccc3c(c2)OCO3)Sc2ccccc21. The van der Waals surface area contributed by atoms with E-state index in [1.165, 1.54) is 11.8 Å². The molecule has 124 valence electrons. The van der Waals surface area contributed by atoms with Crippen LogP contribution < -0.4 is 14.4 Å². The van der Waals surface area contributed by atoms with Crippen LogP contribution in [-0.2, 0) is 4.79 Å². The summed E-state index contributed by atoms with van der Waals surface area (Å²) in [6, 6.07) is 13.0. The third-order valence-electron chi connectivity index (χ3n) is 4.51. The van der Waals surface area contributed by atoms with Crippen molar-refractivity contribution in [2.24, 2.45) is 0 Å². The Bertz CT molecular complexity index is 824. The molecule has 0 fully saturated rings. The predicted octanol–water partition coefficient (Wildman–Crippen LogP) is 2.98. The van der Waals surface area contributed by atoms with E-state index in [1.807, 2.05) is 24.3 Å². The highest BCUT2D eigenvalue weighted by molar-refractivity contribution is 8.01. The van der Waals surface area contributed by atoms with Gasteiger partial charge in [0.15, 0.2) is 11.5 Å². The van der Waals surface area contributed by atoms with Crippen LogP contribution in [0.2, 0.25) is 0 Å². The Morgan fingerprint density at radius 1 is 1.21 bits per heavy atom. The van der Waals surface area contributed by atoms with E-state index in [2.05, 4.69) is 0 Å². The number of para-hydroxylation sites is 1. The lowest BCUT2D eigenvalue weighted by Crippen LogP contribution is -2.49. The Morgan fingerprint density at radius 3 is 2.79 bits per heavy atom. The molecule has 0 bridgehead atoms. The van der Waals surface area contributed by atoms with Gasteiger partial charge in [-0.3, -0.25) is 4.79 Å². The molecule has 0 spiro atoms. The van der Waals surface area contributed by atoms with E-state index in [0.29, 0.717) is 17.1 Å². The van der Waals surface area contributed by atoms with E-state index >= 15 is 0 Å². The van der Waals surface area contributed by atoms with Gasteiger partial charge in [-0.2, -0.15) is 0 Å². The summed E-state index contributed by atoms with van der Waals surface area (Å²) in [5.41, 5.74) is 1.50. The molecule has 24 heavy (non-hydrogen) atoms. The van der Waals surface area contributed by atoms with Crippen molar-refractivity contribution in [1.29, 1.82) is 0 Å². The van der Waals surface area contributed by atoms with Crippen LogP contribution in [-0.4, -0.2) is 29.6 Å². The predicted molar refractivity (Wildman–Crippen MR) is 91.6 cm³/mol. The maximum atomic E-state index is 12.9. The average molecular weight is 343 g/mol. The van der Waals surface area contributed by atoms with Crippen molar-refractivity contribution in [1.82, 2.24) is 0 Å².